The van der Waals surface area contributed by atoms with E-state index >= 15 is 0 Å². The van der Waals surface area contributed by atoms with Gasteiger partial charge < -0.3 is 0 Å². The average molecular weight is 282 g/mol. The van der Waals surface area contributed by atoms with E-state index in [-0.39, 0.29) is 32.7 Å². The zero-order chi connectivity index (χ0) is 10.5. The molecule has 0 nitrogen and oxygen atoms in total. The molecule has 16 heavy (non-hydrogen) atoms. The minimum atomic E-state index is 0. The van der Waals surface area contributed by atoms with Gasteiger partial charge >= 0.3 is 0 Å². The van der Waals surface area contributed by atoms with Gasteiger partial charge in [0.15, 0.2) is 0 Å². The summed E-state index contributed by atoms with van der Waals surface area (Å²) in [6.45, 7) is 2.10. The van der Waals surface area contributed by atoms with Crippen molar-refractivity contribution in [2.24, 2.45) is 0 Å². The molecule has 2 rings (SSSR count). The van der Waals surface area contributed by atoms with Gasteiger partial charge in [-0.3, -0.25) is 0 Å². The molecule has 0 heterocycles. The number of benzene rings is 2. The van der Waals surface area contributed by atoms with Crippen molar-refractivity contribution in [3.05, 3.63) is 71.3 Å². The SMILES string of the molecule is Cc1ccc(C=Cc2cc[c-]cc2)cc1.[Y]. The Kier molecular flexibility index (Phi) is 5.66. The molecule has 0 aliphatic heterocycles. The molecule has 1 radical (unpaired) electrons. The maximum Gasteiger partial charge on any atom is 0 e. The van der Waals surface area contributed by atoms with Crippen molar-refractivity contribution < 1.29 is 32.7 Å². The van der Waals surface area contributed by atoms with Crippen LogP contribution in [0.4, 0.5) is 0 Å². The van der Waals surface area contributed by atoms with Gasteiger partial charge in [0.05, 0.1) is 0 Å². The van der Waals surface area contributed by atoms with Crippen LogP contribution in [-0.4, -0.2) is 0 Å². The second-order valence-corrected chi connectivity index (χ2v) is 3.58. The average Bonchev–Trinajstić information content (AvgIpc) is 2.30. The second kappa shape index (κ2) is 6.78. The number of hydrogen-bond acceptors (Lipinski definition) is 0. The second-order valence-electron chi connectivity index (χ2n) is 3.58. The molecule has 0 atom stereocenters. The molecule has 0 saturated carbocycles. The molecule has 0 bridgehead atoms. The first kappa shape index (κ1) is 13.3. The Labute approximate surface area is 122 Å². The van der Waals surface area contributed by atoms with Crippen LogP contribution in [0.15, 0.2) is 48.5 Å². The van der Waals surface area contributed by atoms with E-state index in [1.807, 2.05) is 24.3 Å². The van der Waals surface area contributed by atoms with Crippen molar-refractivity contribution in [2.75, 3.05) is 0 Å². The summed E-state index contributed by atoms with van der Waals surface area (Å²) in [4.78, 5) is 0. The van der Waals surface area contributed by atoms with Crippen LogP contribution < -0.4 is 0 Å². The van der Waals surface area contributed by atoms with E-state index in [2.05, 4.69) is 49.4 Å². The minimum Gasteiger partial charge on any atom is -0.184 e. The quantitative estimate of drug-likeness (QED) is 0.577. The molecule has 2 aromatic carbocycles. The van der Waals surface area contributed by atoms with Crippen molar-refractivity contribution in [1.82, 2.24) is 0 Å². The fourth-order valence-corrected chi connectivity index (χ4v) is 1.38. The Balaban J connectivity index is 0.00000128. The normalized spacial score (nSPS) is 10.1. The van der Waals surface area contributed by atoms with Crippen LogP contribution in [0.2, 0.25) is 0 Å². The first-order chi connectivity index (χ1) is 7.34. The Hall–Kier alpha value is -0.716. The zero-order valence-electron chi connectivity index (χ0n) is 9.35. The van der Waals surface area contributed by atoms with Crippen LogP contribution in [0.25, 0.3) is 12.2 Å². The minimum absolute atomic E-state index is 0. The molecule has 77 valence electrons. The van der Waals surface area contributed by atoms with E-state index in [0.717, 1.165) is 0 Å². The first-order valence-corrected chi connectivity index (χ1v) is 5.05. The molecule has 0 fully saturated rings. The van der Waals surface area contributed by atoms with Crippen LogP contribution in [0.3, 0.4) is 0 Å². The van der Waals surface area contributed by atoms with Crippen LogP contribution in [0.1, 0.15) is 16.7 Å². The number of rotatable bonds is 2. The molecule has 0 saturated heterocycles. The van der Waals surface area contributed by atoms with Gasteiger partial charge in [-0.05, 0) is 12.5 Å². The predicted octanol–water partition coefficient (Wildman–Crippen LogP) is 3.96. The Bertz CT molecular complexity index is 441. The fraction of sp³-hybridized carbons (Fsp3) is 0.0667. The number of hydrogen-bond donors (Lipinski definition) is 0. The van der Waals surface area contributed by atoms with E-state index in [1.54, 1.807) is 0 Å². The third-order valence-electron chi connectivity index (χ3n) is 2.29. The molecule has 0 spiro atoms. The molecule has 1 heteroatoms. The summed E-state index contributed by atoms with van der Waals surface area (Å²) in [5.74, 6) is 0. The number of aryl methyl sites for hydroxylation is 1. The van der Waals surface area contributed by atoms with Crippen molar-refractivity contribution in [2.45, 2.75) is 6.92 Å². The van der Waals surface area contributed by atoms with Gasteiger partial charge in [-0.2, -0.15) is 30.3 Å². The standard InChI is InChI=1S/C15H13.Y/c1-13-7-9-15(10-8-13)12-11-14-5-3-2-4-6-14;/h3-12H,1H3;/q-1;. The fourth-order valence-electron chi connectivity index (χ4n) is 1.38. The Morgan fingerprint density at radius 2 is 1.31 bits per heavy atom. The topological polar surface area (TPSA) is 0 Å². The van der Waals surface area contributed by atoms with Crippen LogP contribution in [-0.2, 0) is 32.7 Å². The van der Waals surface area contributed by atoms with Gasteiger partial charge in [0.1, 0.15) is 0 Å². The summed E-state index contributed by atoms with van der Waals surface area (Å²) < 4.78 is 0. The first-order valence-electron chi connectivity index (χ1n) is 5.05. The van der Waals surface area contributed by atoms with Gasteiger partial charge in [-0.15, -0.1) is 5.56 Å². The van der Waals surface area contributed by atoms with Gasteiger partial charge in [-0.1, -0.05) is 42.0 Å². The maximum atomic E-state index is 3.00. The summed E-state index contributed by atoms with van der Waals surface area (Å²) in [7, 11) is 0. The van der Waals surface area contributed by atoms with Crippen LogP contribution in [0.5, 0.6) is 0 Å². The van der Waals surface area contributed by atoms with E-state index < -0.39 is 0 Å². The molecule has 0 aromatic heterocycles. The third-order valence-corrected chi connectivity index (χ3v) is 2.29. The van der Waals surface area contributed by atoms with Gasteiger partial charge in [0, 0.05) is 32.7 Å². The molecular weight excluding hydrogens is 269 g/mol. The third kappa shape index (κ3) is 4.04. The summed E-state index contributed by atoms with van der Waals surface area (Å²) in [5, 5.41) is 0. The summed E-state index contributed by atoms with van der Waals surface area (Å²) in [5.41, 5.74) is 3.73. The van der Waals surface area contributed by atoms with Crippen molar-refractivity contribution in [3.63, 3.8) is 0 Å². The van der Waals surface area contributed by atoms with E-state index in [1.165, 1.54) is 16.7 Å². The predicted molar refractivity (Wildman–Crippen MR) is 65.4 cm³/mol. The molecule has 0 aliphatic carbocycles. The van der Waals surface area contributed by atoms with Crippen molar-refractivity contribution in [1.29, 1.82) is 0 Å². The molecular formula is C15H13Y-. The van der Waals surface area contributed by atoms with E-state index in [0.29, 0.717) is 0 Å². The largest absolute Gasteiger partial charge is 0.184 e. The molecule has 0 aliphatic rings. The van der Waals surface area contributed by atoms with E-state index in [4.69, 9.17) is 0 Å². The van der Waals surface area contributed by atoms with Crippen LogP contribution >= 0.6 is 0 Å². The summed E-state index contributed by atoms with van der Waals surface area (Å²) in [6.07, 6.45) is 4.23. The maximum absolute atomic E-state index is 3.00. The van der Waals surface area contributed by atoms with Crippen LogP contribution in [0, 0.1) is 13.0 Å². The Morgan fingerprint density at radius 1 is 0.812 bits per heavy atom. The van der Waals surface area contributed by atoms with E-state index in [9.17, 15) is 0 Å². The summed E-state index contributed by atoms with van der Waals surface area (Å²) >= 11 is 0. The molecule has 0 unspecified atom stereocenters. The molecule has 0 amide bonds. The summed E-state index contributed by atoms with van der Waals surface area (Å²) in [6, 6.07) is 19.4. The molecule has 0 N–H and O–H groups in total. The van der Waals surface area contributed by atoms with Crippen molar-refractivity contribution >= 4 is 12.2 Å². The zero-order valence-corrected chi connectivity index (χ0v) is 12.2. The van der Waals surface area contributed by atoms with Gasteiger partial charge in [-0.25, -0.2) is 0 Å². The van der Waals surface area contributed by atoms with Crippen molar-refractivity contribution in [3.8, 4) is 0 Å². The van der Waals surface area contributed by atoms with Gasteiger partial charge in [0.2, 0.25) is 0 Å². The monoisotopic (exact) mass is 282 g/mol. The Morgan fingerprint density at radius 3 is 1.88 bits per heavy atom. The van der Waals surface area contributed by atoms with Gasteiger partial charge in [0.25, 0.3) is 0 Å². The molecule has 2 aromatic rings. The smallest absolute Gasteiger partial charge is 0 e.